The van der Waals surface area contributed by atoms with Gasteiger partial charge in [-0.1, -0.05) is 42.4 Å². The molecule has 3 rings (SSSR count). The van der Waals surface area contributed by atoms with E-state index in [4.69, 9.17) is 16.1 Å². The summed E-state index contributed by atoms with van der Waals surface area (Å²) >= 11 is 6.99. The van der Waals surface area contributed by atoms with Crippen LogP contribution >= 0.6 is 23.4 Å². The minimum Gasteiger partial charge on any atom is -0.338 e. The highest BCUT2D eigenvalue weighted by atomic mass is 35.5. The summed E-state index contributed by atoms with van der Waals surface area (Å²) in [5.41, 5.74) is -0.720. The lowest BCUT2D eigenvalue weighted by molar-refractivity contribution is -0.137. The molecule has 0 amide bonds. The van der Waals surface area contributed by atoms with Crippen molar-refractivity contribution in [1.29, 1.82) is 0 Å². The van der Waals surface area contributed by atoms with Crippen LogP contribution in [0.1, 0.15) is 37.0 Å². The number of thioether (sulfide) groups is 1. The molecule has 0 aliphatic carbocycles. The van der Waals surface area contributed by atoms with Gasteiger partial charge in [0.15, 0.2) is 16.6 Å². The molecule has 0 bridgehead atoms. The van der Waals surface area contributed by atoms with Gasteiger partial charge in [0.2, 0.25) is 5.89 Å². The first-order valence-corrected chi connectivity index (χ1v) is 8.19. The van der Waals surface area contributed by atoms with Gasteiger partial charge in [0, 0.05) is 12.1 Å². The quantitative estimate of drug-likeness (QED) is 0.635. The van der Waals surface area contributed by atoms with Crippen LogP contribution < -0.4 is 0 Å². The minimum atomic E-state index is -4.51. The molecule has 3 heterocycles. The van der Waals surface area contributed by atoms with Crippen LogP contribution in [0.15, 0.2) is 21.9 Å². The van der Waals surface area contributed by atoms with Gasteiger partial charge >= 0.3 is 6.18 Å². The van der Waals surface area contributed by atoms with Crippen molar-refractivity contribution < 1.29 is 17.7 Å². The second-order valence-corrected chi connectivity index (χ2v) is 6.59. The Morgan fingerprint density at radius 1 is 1.33 bits per heavy atom. The zero-order valence-corrected chi connectivity index (χ0v) is 14.1. The molecule has 0 saturated heterocycles. The lowest BCUT2D eigenvalue weighted by atomic mass is 10.2. The third-order valence-corrected chi connectivity index (χ3v) is 4.29. The summed E-state index contributed by atoms with van der Waals surface area (Å²) in [7, 11) is 0. The van der Waals surface area contributed by atoms with Crippen LogP contribution in [0, 0.1) is 0 Å². The topological polar surface area (TPSA) is 69.1 Å². The second kappa shape index (κ2) is 6.25. The highest BCUT2D eigenvalue weighted by Crippen LogP contribution is 2.33. The monoisotopic (exact) mass is 377 g/mol. The lowest BCUT2D eigenvalue weighted by Gasteiger charge is -2.08. The molecule has 0 fully saturated rings. The largest absolute Gasteiger partial charge is 0.417 e. The molecule has 3 aromatic heterocycles. The first kappa shape index (κ1) is 17.0. The second-order valence-electron chi connectivity index (χ2n) is 5.24. The SMILES string of the molecule is CC(C)c1noc(CSc2nnc3c(Cl)cc(C(F)(F)F)cn23)n1. The highest BCUT2D eigenvalue weighted by Gasteiger charge is 2.32. The summed E-state index contributed by atoms with van der Waals surface area (Å²) in [6, 6.07) is 0.826. The molecule has 0 N–H and O–H groups in total. The van der Waals surface area contributed by atoms with E-state index in [9.17, 15) is 13.2 Å². The summed E-state index contributed by atoms with van der Waals surface area (Å²) in [5, 5.41) is 11.6. The van der Waals surface area contributed by atoms with Crippen LogP contribution in [0.5, 0.6) is 0 Å². The number of aromatic nitrogens is 5. The number of fused-ring (bicyclic) bond motifs is 1. The molecule has 0 aliphatic rings. The minimum absolute atomic E-state index is 0.120. The molecule has 0 unspecified atom stereocenters. The van der Waals surface area contributed by atoms with Gasteiger partial charge in [-0.25, -0.2) is 0 Å². The van der Waals surface area contributed by atoms with Gasteiger partial charge in [-0.05, 0) is 6.07 Å². The van der Waals surface area contributed by atoms with Gasteiger partial charge in [-0.2, -0.15) is 18.2 Å². The molecular formula is C13H11ClF3N5OS. The van der Waals surface area contributed by atoms with Gasteiger partial charge in [0.1, 0.15) is 0 Å². The van der Waals surface area contributed by atoms with Gasteiger partial charge in [-0.3, -0.25) is 4.40 Å². The van der Waals surface area contributed by atoms with Crippen LogP contribution in [0.2, 0.25) is 5.02 Å². The van der Waals surface area contributed by atoms with E-state index >= 15 is 0 Å². The predicted octanol–water partition coefficient (Wildman–Crippen LogP) is 4.20. The van der Waals surface area contributed by atoms with E-state index in [0.717, 1.165) is 24.0 Å². The molecule has 0 aliphatic heterocycles. The lowest BCUT2D eigenvalue weighted by Crippen LogP contribution is -2.07. The van der Waals surface area contributed by atoms with E-state index in [-0.39, 0.29) is 27.5 Å². The van der Waals surface area contributed by atoms with Crippen molar-refractivity contribution in [3.8, 4) is 0 Å². The fraction of sp³-hybridized carbons (Fsp3) is 0.385. The molecule has 0 radical (unpaired) electrons. The molecule has 11 heteroatoms. The smallest absolute Gasteiger partial charge is 0.338 e. The van der Waals surface area contributed by atoms with E-state index in [2.05, 4.69) is 20.3 Å². The van der Waals surface area contributed by atoms with Gasteiger partial charge in [-0.15, -0.1) is 10.2 Å². The van der Waals surface area contributed by atoms with Crippen LogP contribution in [-0.2, 0) is 11.9 Å². The average molecular weight is 378 g/mol. The first-order chi connectivity index (χ1) is 11.3. The normalized spacial score (nSPS) is 12.5. The number of hydrogen-bond donors (Lipinski definition) is 0. The number of hydrogen-bond acceptors (Lipinski definition) is 6. The Labute approximate surface area is 143 Å². The van der Waals surface area contributed by atoms with Crippen molar-refractivity contribution in [3.05, 3.63) is 34.6 Å². The van der Waals surface area contributed by atoms with Crippen molar-refractivity contribution in [2.45, 2.75) is 36.9 Å². The van der Waals surface area contributed by atoms with E-state index < -0.39 is 11.7 Å². The van der Waals surface area contributed by atoms with Crippen molar-refractivity contribution in [1.82, 2.24) is 24.7 Å². The molecule has 0 saturated carbocycles. The predicted molar refractivity (Wildman–Crippen MR) is 80.9 cm³/mol. The fourth-order valence-corrected chi connectivity index (χ4v) is 2.87. The third-order valence-electron chi connectivity index (χ3n) is 3.08. The maximum Gasteiger partial charge on any atom is 0.417 e. The molecule has 128 valence electrons. The zero-order chi connectivity index (χ0) is 17.5. The fourth-order valence-electron chi connectivity index (χ4n) is 1.87. The van der Waals surface area contributed by atoms with E-state index in [1.807, 2.05) is 13.8 Å². The molecule has 0 aromatic carbocycles. The summed E-state index contributed by atoms with van der Waals surface area (Å²) in [4.78, 5) is 4.20. The van der Waals surface area contributed by atoms with Crippen molar-refractivity contribution in [2.24, 2.45) is 0 Å². The number of rotatable bonds is 4. The van der Waals surface area contributed by atoms with E-state index in [0.29, 0.717) is 11.7 Å². The Bertz CT molecular complexity index is 876. The van der Waals surface area contributed by atoms with Crippen LogP contribution in [0.4, 0.5) is 13.2 Å². The number of alkyl halides is 3. The molecule has 0 spiro atoms. The highest BCUT2D eigenvalue weighted by molar-refractivity contribution is 7.98. The van der Waals surface area contributed by atoms with Crippen molar-refractivity contribution >= 4 is 29.0 Å². The Morgan fingerprint density at radius 2 is 2.08 bits per heavy atom. The van der Waals surface area contributed by atoms with Crippen LogP contribution in [0.25, 0.3) is 5.65 Å². The van der Waals surface area contributed by atoms with Crippen molar-refractivity contribution in [2.75, 3.05) is 0 Å². The van der Waals surface area contributed by atoms with Gasteiger partial charge < -0.3 is 4.52 Å². The molecular weight excluding hydrogens is 367 g/mol. The number of nitrogens with zero attached hydrogens (tertiary/aromatic N) is 5. The maximum absolute atomic E-state index is 12.9. The summed E-state index contributed by atoms with van der Waals surface area (Å²) in [6.45, 7) is 3.85. The molecule has 6 nitrogen and oxygen atoms in total. The zero-order valence-electron chi connectivity index (χ0n) is 12.5. The number of halogens is 4. The molecule has 3 aromatic rings. The van der Waals surface area contributed by atoms with Crippen LogP contribution in [0.3, 0.4) is 0 Å². The average Bonchev–Trinajstić information content (AvgIpc) is 3.10. The van der Waals surface area contributed by atoms with Crippen LogP contribution in [-0.4, -0.2) is 24.7 Å². The summed E-state index contributed by atoms with van der Waals surface area (Å²) in [6.07, 6.45) is -3.60. The maximum atomic E-state index is 12.9. The Morgan fingerprint density at radius 3 is 2.71 bits per heavy atom. The Kier molecular flexibility index (Phi) is 4.43. The molecule has 24 heavy (non-hydrogen) atoms. The number of pyridine rings is 1. The van der Waals surface area contributed by atoms with Gasteiger partial charge in [0.05, 0.1) is 16.3 Å². The molecule has 0 atom stereocenters. The standard InChI is InChI=1S/C13H11ClF3N5OS/c1-6(2)10-18-9(23-21-10)5-24-12-20-19-11-8(14)3-7(4-22(11)12)13(15,16)17/h3-4,6H,5H2,1-2H3. The Hall–Kier alpha value is -1.81. The third kappa shape index (κ3) is 3.34. The summed E-state index contributed by atoms with van der Waals surface area (Å²) < 4.78 is 45.0. The van der Waals surface area contributed by atoms with Crippen molar-refractivity contribution in [3.63, 3.8) is 0 Å². The first-order valence-electron chi connectivity index (χ1n) is 6.82. The Balaban J connectivity index is 1.87. The van der Waals surface area contributed by atoms with Gasteiger partial charge in [0.25, 0.3) is 0 Å². The van der Waals surface area contributed by atoms with E-state index in [1.54, 1.807) is 0 Å². The van der Waals surface area contributed by atoms with E-state index in [1.165, 1.54) is 4.40 Å². The summed E-state index contributed by atoms with van der Waals surface area (Å²) in [5.74, 6) is 1.31.